The highest BCUT2D eigenvalue weighted by Gasteiger charge is 2.20. The second kappa shape index (κ2) is 1.61. The van der Waals surface area contributed by atoms with Crippen LogP contribution in [0.15, 0.2) is 11.6 Å². The van der Waals surface area contributed by atoms with Crippen LogP contribution in [0, 0.1) is 5.92 Å². The number of hydrogen-bond acceptors (Lipinski definition) is 0. The lowest BCUT2D eigenvalue weighted by atomic mass is 9.91. The molecule has 0 spiro atoms. The van der Waals surface area contributed by atoms with Crippen molar-refractivity contribution in [3.8, 4) is 0 Å². The van der Waals surface area contributed by atoms with Gasteiger partial charge in [-0.05, 0) is 38.0 Å². The Kier molecular flexibility index (Phi) is 0.927. The van der Waals surface area contributed by atoms with Crippen molar-refractivity contribution in [1.82, 2.24) is 0 Å². The van der Waals surface area contributed by atoms with E-state index in [0.717, 1.165) is 5.92 Å². The quantitative estimate of drug-likeness (QED) is 0.418. The van der Waals surface area contributed by atoms with Gasteiger partial charge < -0.3 is 0 Å². The summed E-state index contributed by atoms with van der Waals surface area (Å²) >= 11 is 0. The first kappa shape index (κ1) is 4.60. The van der Waals surface area contributed by atoms with Crippen molar-refractivity contribution in [1.29, 1.82) is 0 Å². The van der Waals surface area contributed by atoms with Gasteiger partial charge in [0.25, 0.3) is 0 Å². The standard InChI is InChI=1S/C8H12/c1-2-7-4-5-8(3-1)6-7/h4,8H,1-3,5-6H2. The van der Waals surface area contributed by atoms with Crippen LogP contribution in [-0.2, 0) is 0 Å². The predicted molar refractivity (Wildman–Crippen MR) is 34.7 cm³/mol. The van der Waals surface area contributed by atoms with E-state index in [1.165, 1.54) is 32.1 Å². The molecule has 8 heavy (non-hydrogen) atoms. The minimum atomic E-state index is 1.07. The number of hydrogen-bond donors (Lipinski definition) is 0. The van der Waals surface area contributed by atoms with Crippen LogP contribution in [0.3, 0.4) is 0 Å². The third-order valence-electron chi connectivity index (χ3n) is 2.40. The summed E-state index contributed by atoms with van der Waals surface area (Å²) in [6.45, 7) is 0. The van der Waals surface area contributed by atoms with E-state index in [1.54, 1.807) is 5.57 Å². The third-order valence-corrected chi connectivity index (χ3v) is 2.40. The maximum atomic E-state index is 2.46. The van der Waals surface area contributed by atoms with Crippen LogP contribution in [0.5, 0.6) is 0 Å². The lowest BCUT2D eigenvalue weighted by molar-refractivity contribution is 0.456. The number of allylic oxidation sites excluding steroid dienone is 2. The van der Waals surface area contributed by atoms with E-state index in [9.17, 15) is 0 Å². The van der Waals surface area contributed by atoms with Crippen molar-refractivity contribution in [2.24, 2.45) is 5.92 Å². The minimum Gasteiger partial charge on any atom is -0.0850 e. The highest BCUT2D eigenvalue weighted by molar-refractivity contribution is 5.12. The van der Waals surface area contributed by atoms with Crippen LogP contribution >= 0.6 is 0 Å². The Labute approximate surface area is 50.6 Å². The first-order valence-electron chi connectivity index (χ1n) is 3.63. The van der Waals surface area contributed by atoms with Crippen molar-refractivity contribution >= 4 is 0 Å². The van der Waals surface area contributed by atoms with Crippen molar-refractivity contribution in [2.45, 2.75) is 32.1 Å². The molecule has 0 amide bonds. The summed E-state index contributed by atoms with van der Waals surface area (Å²) in [5, 5.41) is 0. The summed E-state index contributed by atoms with van der Waals surface area (Å²) in [7, 11) is 0. The molecular weight excluding hydrogens is 96.1 g/mol. The summed E-state index contributed by atoms with van der Waals surface area (Å²) in [6.07, 6.45) is 9.68. The molecule has 0 heteroatoms. The molecule has 44 valence electrons. The summed E-state index contributed by atoms with van der Waals surface area (Å²) in [5.41, 5.74) is 1.75. The van der Waals surface area contributed by atoms with E-state index in [1.807, 2.05) is 0 Å². The molecular formula is C8H12. The Bertz CT molecular complexity index is 122. The van der Waals surface area contributed by atoms with Crippen LogP contribution in [0.25, 0.3) is 0 Å². The van der Waals surface area contributed by atoms with E-state index >= 15 is 0 Å². The fourth-order valence-electron chi connectivity index (χ4n) is 1.91. The molecule has 2 rings (SSSR count). The Balaban J connectivity index is 2.15. The van der Waals surface area contributed by atoms with Crippen LogP contribution in [0.4, 0.5) is 0 Å². The van der Waals surface area contributed by atoms with Crippen molar-refractivity contribution in [3.05, 3.63) is 11.6 Å². The second-order valence-electron chi connectivity index (χ2n) is 3.06. The molecule has 0 N–H and O–H groups in total. The average molecular weight is 108 g/mol. The van der Waals surface area contributed by atoms with Gasteiger partial charge in [0.15, 0.2) is 0 Å². The number of fused-ring (bicyclic) bond motifs is 2. The summed E-state index contributed by atoms with van der Waals surface area (Å²) in [5.74, 6) is 1.07. The molecule has 0 aromatic carbocycles. The normalized spacial score (nSPS) is 35.0. The van der Waals surface area contributed by atoms with Crippen LogP contribution in [0.2, 0.25) is 0 Å². The summed E-state index contributed by atoms with van der Waals surface area (Å²) in [4.78, 5) is 0. The molecule has 1 fully saturated rings. The first-order valence-corrected chi connectivity index (χ1v) is 3.63. The third kappa shape index (κ3) is 0.594. The van der Waals surface area contributed by atoms with Gasteiger partial charge >= 0.3 is 0 Å². The topological polar surface area (TPSA) is 0 Å². The molecule has 1 unspecified atom stereocenters. The van der Waals surface area contributed by atoms with Crippen LogP contribution < -0.4 is 0 Å². The molecule has 0 saturated heterocycles. The maximum Gasteiger partial charge on any atom is -0.0289 e. The Morgan fingerprint density at radius 3 is 3.25 bits per heavy atom. The highest BCUT2D eigenvalue weighted by atomic mass is 14.3. The van der Waals surface area contributed by atoms with E-state index in [-0.39, 0.29) is 0 Å². The lowest BCUT2D eigenvalue weighted by Gasteiger charge is -2.14. The Hall–Kier alpha value is -0.260. The first-order chi connectivity index (χ1) is 3.95. The van der Waals surface area contributed by atoms with E-state index in [2.05, 4.69) is 6.08 Å². The van der Waals surface area contributed by atoms with Gasteiger partial charge in [0, 0.05) is 0 Å². The molecule has 0 heterocycles. The molecule has 1 saturated carbocycles. The van der Waals surface area contributed by atoms with Crippen molar-refractivity contribution in [3.63, 3.8) is 0 Å². The average Bonchev–Trinajstić information content (AvgIpc) is 2.12. The summed E-state index contributed by atoms with van der Waals surface area (Å²) < 4.78 is 0. The Morgan fingerprint density at radius 1 is 1.50 bits per heavy atom. The molecule has 0 radical (unpaired) electrons. The molecule has 1 atom stereocenters. The molecule has 0 aromatic heterocycles. The van der Waals surface area contributed by atoms with Crippen LogP contribution in [0.1, 0.15) is 32.1 Å². The largest absolute Gasteiger partial charge is 0.0850 e. The highest BCUT2D eigenvalue weighted by Crippen LogP contribution is 2.36. The van der Waals surface area contributed by atoms with E-state index in [0.29, 0.717) is 0 Å². The van der Waals surface area contributed by atoms with Gasteiger partial charge in [-0.15, -0.1) is 0 Å². The van der Waals surface area contributed by atoms with Crippen molar-refractivity contribution < 1.29 is 0 Å². The monoisotopic (exact) mass is 108 g/mol. The van der Waals surface area contributed by atoms with Gasteiger partial charge in [-0.1, -0.05) is 11.6 Å². The molecule has 0 aliphatic heterocycles. The minimum absolute atomic E-state index is 1.07. The van der Waals surface area contributed by atoms with Crippen LogP contribution in [-0.4, -0.2) is 0 Å². The Morgan fingerprint density at radius 2 is 2.50 bits per heavy atom. The van der Waals surface area contributed by atoms with Crippen molar-refractivity contribution in [2.75, 3.05) is 0 Å². The van der Waals surface area contributed by atoms with Gasteiger partial charge in [-0.25, -0.2) is 0 Å². The smallest absolute Gasteiger partial charge is 0.0289 e. The lowest BCUT2D eigenvalue weighted by Crippen LogP contribution is -1.99. The molecule has 2 aliphatic carbocycles. The SMILES string of the molecule is C1=C2CCCC(C1)C2. The van der Waals surface area contributed by atoms with E-state index in [4.69, 9.17) is 0 Å². The number of rotatable bonds is 0. The van der Waals surface area contributed by atoms with Gasteiger partial charge in [-0.2, -0.15) is 0 Å². The van der Waals surface area contributed by atoms with Gasteiger partial charge in [-0.3, -0.25) is 0 Å². The molecule has 0 aromatic rings. The zero-order valence-electron chi connectivity index (χ0n) is 5.19. The zero-order chi connectivity index (χ0) is 5.40. The molecule has 2 bridgehead atoms. The molecule has 2 aliphatic rings. The summed E-state index contributed by atoms with van der Waals surface area (Å²) in [6, 6.07) is 0. The van der Waals surface area contributed by atoms with Gasteiger partial charge in [0.1, 0.15) is 0 Å². The predicted octanol–water partition coefficient (Wildman–Crippen LogP) is 2.51. The molecule has 0 nitrogen and oxygen atoms in total. The maximum absolute atomic E-state index is 2.46. The fourth-order valence-corrected chi connectivity index (χ4v) is 1.91. The zero-order valence-corrected chi connectivity index (χ0v) is 5.19. The second-order valence-corrected chi connectivity index (χ2v) is 3.06. The fraction of sp³-hybridized carbons (Fsp3) is 0.750. The van der Waals surface area contributed by atoms with Gasteiger partial charge in [0.05, 0.1) is 0 Å². The van der Waals surface area contributed by atoms with E-state index < -0.39 is 0 Å². The van der Waals surface area contributed by atoms with Gasteiger partial charge in [0.2, 0.25) is 0 Å².